The van der Waals surface area contributed by atoms with Crippen LogP contribution in [0.3, 0.4) is 0 Å². The highest BCUT2D eigenvalue weighted by molar-refractivity contribution is 5.73. The van der Waals surface area contributed by atoms with E-state index >= 15 is 0 Å². The number of amides is 1. The summed E-state index contributed by atoms with van der Waals surface area (Å²) in [5.74, 6) is 2.71. The second-order valence-electron chi connectivity index (χ2n) is 13.3. The van der Waals surface area contributed by atoms with E-state index in [1.165, 1.54) is 6.42 Å². The van der Waals surface area contributed by atoms with Crippen LogP contribution >= 0.6 is 0 Å². The first kappa shape index (κ1) is 31.2. The number of hydrogen-bond acceptors (Lipinski definition) is 7. The SMILES string of the molecule is CC[C@H]1[C@@H](OCOC)C2C3CC[C@H](CCCC(N)=O)[C@@]3(C)[C@@H](OCOC)CC2[C@@]2(C)CC[C@@H](OCOC)C[C@@H]12. The Morgan fingerprint density at radius 1 is 0.872 bits per heavy atom. The molecular formula is C31H55NO7. The third kappa shape index (κ3) is 5.94. The van der Waals surface area contributed by atoms with Gasteiger partial charge in [0, 0.05) is 27.8 Å². The molecule has 0 bridgehead atoms. The van der Waals surface area contributed by atoms with Gasteiger partial charge in [-0.15, -0.1) is 0 Å². The number of nitrogens with two attached hydrogens (primary N) is 1. The van der Waals surface area contributed by atoms with Crippen LogP contribution in [0.15, 0.2) is 0 Å². The highest BCUT2D eigenvalue weighted by atomic mass is 16.7. The minimum atomic E-state index is -0.208. The number of carbonyl (C=O) groups is 1. The van der Waals surface area contributed by atoms with Crippen LogP contribution in [0.25, 0.3) is 0 Å². The molecule has 8 nitrogen and oxygen atoms in total. The summed E-state index contributed by atoms with van der Waals surface area (Å²) in [6, 6.07) is 0. The third-order valence-corrected chi connectivity index (χ3v) is 11.8. The molecule has 1 amide bonds. The number of methoxy groups -OCH3 is 3. The van der Waals surface area contributed by atoms with Gasteiger partial charge < -0.3 is 34.2 Å². The minimum Gasteiger partial charge on any atom is -0.370 e. The number of ether oxygens (including phenoxy) is 6. The summed E-state index contributed by atoms with van der Waals surface area (Å²) in [6.07, 6.45) is 10.5. The summed E-state index contributed by atoms with van der Waals surface area (Å²) >= 11 is 0. The smallest absolute Gasteiger partial charge is 0.217 e. The first-order valence-electron chi connectivity index (χ1n) is 15.4. The second kappa shape index (κ2) is 13.5. The van der Waals surface area contributed by atoms with E-state index in [4.69, 9.17) is 34.2 Å². The van der Waals surface area contributed by atoms with Crippen molar-refractivity contribution in [3.8, 4) is 0 Å². The highest BCUT2D eigenvalue weighted by Crippen LogP contribution is 2.70. The van der Waals surface area contributed by atoms with Crippen molar-refractivity contribution in [3.63, 3.8) is 0 Å². The molecule has 39 heavy (non-hydrogen) atoms. The summed E-state index contributed by atoms with van der Waals surface area (Å²) in [7, 11) is 5.14. The maximum atomic E-state index is 11.5. The minimum absolute atomic E-state index is 0.00624. The molecule has 8 heteroatoms. The largest absolute Gasteiger partial charge is 0.370 e. The number of carbonyl (C=O) groups excluding carboxylic acids is 1. The zero-order valence-corrected chi connectivity index (χ0v) is 25.3. The number of hydrogen-bond donors (Lipinski definition) is 1. The molecule has 0 saturated heterocycles. The van der Waals surface area contributed by atoms with Gasteiger partial charge in [0.05, 0.1) is 18.3 Å². The lowest BCUT2D eigenvalue weighted by Gasteiger charge is -2.66. The van der Waals surface area contributed by atoms with Crippen molar-refractivity contribution in [2.75, 3.05) is 41.7 Å². The summed E-state index contributed by atoms with van der Waals surface area (Å²) in [6.45, 7) is 8.35. The van der Waals surface area contributed by atoms with E-state index in [0.717, 1.165) is 51.4 Å². The second-order valence-corrected chi connectivity index (χ2v) is 13.3. The van der Waals surface area contributed by atoms with Crippen molar-refractivity contribution < 1.29 is 33.2 Å². The van der Waals surface area contributed by atoms with Gasteiger partial charge in [-0.25, -0.2) is 0 Å². The summed E-state index contributed by atoms with van der Waals surface area (Å²) in [4.78, 5) is 11.5. The Morgan fingerprint density at radius 3 is 2.23 bits per heavy atom. The predicted molar refractivity (Wildman–Crippen MR) is 148 cm³/mol. The van der Waals surface area contributed by atoms with Crippen molar-refractivity contribution >= 4 is 5.91 Å². The van der Waals surface area contributed by atoms with Crippen molar-refractivity contribution in [1.29, 1.82) is 0 Å². The van der Waals surface area contributed by atoms with Crippen molar-refractivity contribution in [3.05, 3.63) is 0 Å². The van der Waals surface area contributed by atoms with E-state index < -0.39 is 0 Å². The van der Waals surface area contributed by atoms with Gasteiger partial charge >= 0.3 is 0 Å². The molecule has 0 radical (unpaired) electrons. The topological polar surface area (TPSA) is 98.5 Å². The molecule has 0 aromatic carbocycles. The molecule has 0 heterocycles. The molecule has 2 N–H and O–H groups in total. The lowest BCUT2D eigenvalue weighted by atomic mass is 9.41. The molecule has 4 aliphatic rings. The molecule has 0 aromatic heterocycles. The van der Waals surface area contributed by atoms with Gasteiger partial charge in [0.15, 0.2) is 0 Å². The Balaban J connectivity index is 1.70. The van der Waals surface area contributed by atoms with E-state index in [1.54, 1.807) is 21.3 Å². The molecule has 4 saturated carbocycles. The normalized spacial score (nSPS) is 43.5. The van der Waals surface area contributed by atoms with Crippen LogP contribution in [-0.2, 0) is 33.2 Å². The van der Waals surface area contributed by atoms with Crippen LogP contribution in [0.1, 0.15) is 85.0 Å². The molecule has 4 rings (SSSR count). The van der Waals surface area contributed by atoms with Crippen molar-refractivity contribution in [1.82, 2.24) is 0 Å². The summed E-state index contributed by atoms with van der Waals surface area (Å²) in [5, 5.41) is 0. The van der Waals surface area contributed by atoms with Gasteiger partial charge in [0.1, 0.15) is 20.4 Å². The standard InChI is InChI=1S/C31H55NO7/c1-7-22-24-15-21(37-17-34-4)13-14-30(24,2)25-16-26(38-18-35-5)31(3)20(9-8-10-27(32)33)11-12-23(31)28(25)29(22)39-19-36-6/h20-26,28-29H,7-19H2,1-6H3,(H2,32,33)/t20-,21+,22+,23?,24-,25?,26-,28?,29+,30-,31+/m0/s1. The molecule has 11 atom stereocenters. The maximum Gasteiger partial charge on any atom is 0.217 e. The lowest BCUT2D eigenvalue weighted by molar-refractivity contribution is -0.265. The highest BCUT2D eigenvalue weighted by Gasteiger charge is 2.67. The van der Waals surface area contributed by atoms with Gasteiger partial charge in [-0.3, -0.25) is 4.79 Å². The molecule has 0 aliphatic heterocycles. The molecule has 4 aliphatic carbocycles. The molecule has 226 valence electrons. The number of primary amides is 1. The molecule has 0 aromatic rings. The predicted octanol–water partition coefficient (Wildman–Crippen LogP) is 5.12. The van der Waals surface area contributed by atoms with Crippen LogP contribution < -0.4 is 5.73 Å². The average molecular weight is 554 g/mol. The van der Waals surface area contributed by atoms with Crippen molar-refractivity contribution in [2.45, 2.75) is 103 Å². The van der Waals surface area contributed by atoms with E-state index in [0.29, 0.717) is 62.3 Å². The van der Waals surface area contributed by atoms with Crippen LogP contribution in [0.2, 0.25) is 0 Å². The van der Waals surface area contributed by atoms with Gasteiger partial charge in [-0.1, -0.05) is 27.2 Å². The molecule has 3 unspecified atom stereocenters. The van der Waals surface area contributed by atoms with E-state index in [9.17, 15) is 4.79 Å². The van der Waals surface area contributed by atoms with Gasteiger partial charge in [-0.2, -0.15) is 0 Å². The molecule has 0 spiro atoms. The first-order chi connectivity index (χ1) is 18.8. The van der Waals surface area contributed by atoms with Gasteiger partial charge in [-0.05, 0) is 97.7 Å². The lowest BCUT2D eigenvalue weighted by Crippen LogP contribution is -2.65. The monoisotopic (exact) mass is 553 g/mol. The molecule has 4 fully saturated rings. The quantitative estimate of drug-likeness (QED) is 0.298. The fraction of sp³-hybridized carbons (Fsp3) is 0.968. The summed E-state index contributed by atoms with van der Waals surface area (Å²) in [5.41, 5.74) is 5.71. The zero-order chi connectivity index (χ0) is 28.2. The third-order valence-electron chi connectivity index (χ3n) is 11.8. The van der Waals surface area contributed by atoms with Crippen LogP contribution in [0.5, 0.6) is 0 Å². The Hall–Kier alpha value is -0.770. The number of fused-ring (bicyclic) bond motifs is 5. The molecular weight excluding hydrogens is 498 g/mol. The Labute approximate surface area is 236 Å². The summed E-state index contributed by atoms with van der Waals surface area (Å²) < 4.78 is 35.7. The van der Waals surface area contributed by atoms with E-state index in [1.807, 2.05) is 0 Å². The number of rotatable bonds is 14. The van der Waals surface area contributed by atoms with Crippen LogP contribution in [0, 0.1) is 46.3 Å². The fourth-order valence-corrected chi connectivity index (χ4v) is 10.1. The van der Waals surface area contributed by atoms with Gasteiger partial charge in [0.2, 0.25) is 5.91 Å². The van der Waals surface area contributed by atoms with E-state index in [2.05, 4.69) is 20.8 Å². The van der Waals surface area contributed by atoms with Crippen LogP contribution in [-0.4, -0.2) is 65.9 Å². The Morgan fingerprint density at radius 2 is 1.56 bits per heavy atom. The average Bonchev–Trinajstić information content (AvgIpc) is 3.26. The van der Waals surface area contributed by atoms with Crippen LogP contribution in [0.4, 0.5) is 0 Å². The zero-order valence-electron chi connectivity index (χ0n) is 25.3. The maximum absolute atomic E-state index is 11.5. The van der Waals surface area contributed by atoms with E-state index in [-0.39, 0.29) is 35.0 Å². The first-order valence-corrected chi connectivity index (χ1v) is 15.4. The fourth-order valence-electron chi connectivity index (χ4n) is 10.1. The Kier molecular flexibility index (Phi) is 10.8. The van der Waals surface area contributed by atoms with Crippen molar-refractivity contribution in [2.24, 2.45) is 52.1 Å². The Bertz CT molecular complexity index is 797. The van der Waals surface area contributed by atoms with Gasteiger partial charge in [0.25, 0.3) is 0 Å².